The molecule has 4 atom stereocenters. The van der Waals surface area contributed by atoms with Gasteiger partial charge < -0.3 is 4.74 Å². The Labute approximate surface area is 104 Å². The summed E-state index contributed by atoms with van der Waals surface area (Å²) < 4.78 is 5.58. The number of rotatable bonds is 1. The molecule has 0 unspecified atom stereocenters. The fourth-order valence-corrected chi connectivity index (χ4v) is 3.14. The van der Waals surface area contributed by atoms with E-state index in [1.165, 1.54) is 4.90 Å². The molecular formula is C14H11NO3. The number of hydrogen-bond acceptors (Lipinski definition) is 3. The number of benzene rings is 1. The highest BCUT2D eigenvalue weighted by molar-refractivity contribution is 6.23. The zero-order chi connectivity index (χ0) is 12.3. The minimum Gasteiger partial charge on any atom is -0.365 e. The molecule has 18 heavy (non-hydrogen) atoms. The number of para-hydroxylation sites is 1. The van der Waals surface area contributed by atoms with Gasteiger partial charge >= 0.3 is 0 Å². The Bertz CT molecular complexity index is 536. The number of hydrogen-bond donors (Lipinski definition) is 0. The number of anilines is 1. The molecule has 0 radical (unpaired) electrons. The average Bonchev–Trinajstić information content (AvgIpc) is 3.05. The summed E-state index contributed by atoms with van der Waals surface area (Å²) in [6.45, 7) is 0. The summed E-state index contributed by atoms with van der Waals surface area (Å²) in [5.41, 5.74) is 0.654. The third-order valence-electron chi connectivity index (χ3n) is 3.92. The molecule has 4 rings (SSSR count). The summed E-state index contributed by atoms with van der Waals surface area (Å²) in [4.78, 5) is 26.1. The normalized spacial score (nSPS) is 36.6. The molecule has 3 heterocycles. The topological polar surface area (TPSA) is 46.6 Å². The SMILES string of the molecule is O=C1[C@@H]2[C@H](C(=O)N1c1ccccc1)[C@@H]1C=C[C@@H]2O1. The van der Waals surface area contributed by atoms with Gasteiger partial charge in [-0.3, -0.25) is 9.59 Å². The number of imide groups is 1. The molecule has 0 N–H and O–H groups in total. The third-order valence-corrected chi connectivity index (χ3v) is 3.92. The zero-order valence-corrected chi connectivity index (χ0v) is 9.52. The molecule has 2 amide bonds. The first-order chi connectivity index (χ1) is 8.77. The zero-order valence-electron chi connectivity index (χ0n) is 9.52. The van der Waals surface area contributed by atoms with Gasteiger partial charge in [0.2, 0.25) is 11.8 Å². The summed E-state index contributed by atoms with van der Waals surface area (Å²) in [6.07, 6.45) is 3.35. The first-order valence-electron chi connectivity index (χ1n) is 6.04. The van der Waals surface area contributed by atoms with Crippen LogP contribution in [-0.2, 0) is 14.3 Å². The Kier molecular flexibility index (Phi) is 1.84. The predicted molar refractivity (Wildman–Crippen MR) is 63.7 cm³/mol. The molecule has 4 heteroatoms. The van der Waals surface area contributed by atoms with Crippen LogP contribution in [0.3, 0.4) is 0 Å². The standard InChI is InChI=1S/C14H11NO3/c16-13-11-9-6-7-10(18-9)12(11)14(17)15(13)8-4-2-1-3-5-8/h1-7,9-12H/t9-,10-,11-,12+/m0/s1. The summed E-state index contributed by atoms with van der Waals surface area (Å²) in [5, 5.41) is 0. The smallest absolute Gasteiger partial charge is 0.240 e. The Balaban J connectivity index is 1.77. The fourth-order valence-electron chi connectivity index (χ4n) is 3.14. The van der Waals surface area contributed by atoms with Crippen LogP contribution < -0.4 is 4.90 Å². The van der Waals surface area contributed by atoms with Crippen molar-refractivity contribution in [2.45, 2.75) is 12.2 Å². The fraction of sp³-hybridized carbons (Fsp3) is 0.286. The third kappa shape index (κ3) is 1.08. The van der Waals surface area contributed by atoms with E-state index in [4.69, 9.17) is 4.74 Å². The van der Waals surface area contributed by atoms with Crippen LogP contribution in [0.5, 0.6) is 0 Å². The Hall–Kier alpha value is -1.94. The van der Waals surface area contributed by atoms with Crippen molar-refractivity contribution >= 4 is 17.5 Å². The highest BCUT2D eigenvalue weighted by atomic mass is 16.5. The Morgan fingerprint density at radius 2 is 1.44 bits per heavy atom. The van der Waals surface area contributed by atoms with Gasteiger partial charge in [-0.15, -0.1) is 0 Å². The molecule has 2 bridgehead atoms. The number of fused-ring (bicyclic) bond motifs is 5. The van der Waals surface area contributed by atoms with Gasteiger partial charge in [-0.2, -0.15) is 0 Å². The van der Waals surface area contributed by atoms with Gasteiger partial charge in [-0.1, -0.05) is 30.4 Å². The molecule has 0 saturated carbocycles. The molecule has 4 nitrogen and oxygen atoms in total. The Morgan fingerprint density at radius 1 is 0.889 bits per heavy atom. The van der Waals surface area contributed by atoms with E-state index in [-0.39, 0.29) is 35.9 Å². The van der Waals surface area contributed by atoms with Crippen molar-refractivity contribution in [1.29, 1.82) is 0 Å². The number of amides is 2. The van der Waals surface area contributed by atoms with E-state index in [1.54, 1.807) is 12.1 Å². The van der Waals surface area contributed by atoms with Gasteiger partial charge in [0.05, 0.1) is 29.7 Å². The maximum absolute atomic E-state index is 12.4. The first-order valence-corrected chi connectivity index (χ1v) is 6.04. The Morgan fingerprint density at radius 3 is 2.00 bits per heavy atom. The maximum atomic E-state index is 12.4. The van der Waals surface area contributed by atoms with E-state index < -0.39 is 0 Å². The molecule has 3 aliphatic rings. The number of ether oxygens (including phenoxy) is 1. The van der Waals surface area contributed by atoms with Gasteiger partial charge in [0.15, 0.2) is 0 Å². The second-order valence-corrected chi connectivity index (χ2v) is 4.85. The largest absolute Gasteiger partial charge is 0.365 e. The lowest BCUT2D eigenvalue weighted by Crippen LogP contribution is -2.34. The van der Waals surface area contributed by atoms with Gasteiger partial charge in [0.1, 0.15) is 0 Å². The molecule has 3 aliphatic heterocycles. The lowest BCUT2D eigenvalue weighted by Gasteiger charge is -2.17. The van der Waals surface area contributed by atoms with Crippen molar-refractivity contribution in [2.75, 3.05) is 4.90 Å². The highest BCUT2D eigenvalue weighted by Crippen LogP contribution is 2.46. The number of carbonyl (C=O) groups excluding carboxylic acids is 2. The first kappa shape index (κ1) is 10.0. The summed E-state index contributed by atoms with van der Waals surface area (Å²) in [7, 11) is 0. The van der Waals surface area contributed by atoms with E-state index in [0.717, 1.165) is 0 Å². The lowest BCUT2D eigenvalue weighted by atomic mass is 9.85. The van der Waals surface area contributed by atoms with E-state index in [1.807, 2.05) is 30.4 Å². The van der Waals surface area contributed by atoms with E-state index >= 15 is 0 Å². The molecule has 90 valence electrons. The monoisotopic (exact) mass is 241 g/mol. The van der Waals surface area contributed by atoms with Gasteiger partial charge in [-0.25, -0.2) is 4.90 Å². The molecule has 1 aromatic rings. The lowest BCUT2D eigenvalue weighted by molar-refractivity contribution is -0.124. The predicted octanol–water partition coefficient (Wildman–Crippen LogP) is 1.13. The van der Waals surface area contributed by atoms with Crippen LogP contribution in [0.25, 0.3) is 0 Å². The maximum Gasteiger partial charge on any atom is 0.240 e. The van der Waals surface area contributed by atoms with Crippen LogP contribution in [-0.4, -0.2) is 24.0 Å². The summed E-state index contributed by atoms with van der Waals surface area (Å²) in [6, 6.07) is 9.09. The van der Waals surface area contributed by atoms with Crippen LogP contribution in [0.4, 0.5) is 5.69 Å². The van der Waals surface area contributed by atoms with Crippen LogP contribution in [0.1, 0.15) is 0 Å². The second-order valence-electron chi connectivity index (χ2n) is 4.85. The van der Waals surface area contributed by atoms with Crippen molar-refractivity contribution < 1.29 is 14.3 Å². The van der Waals surface area contributed by atoms with Crippen molar-refractivity contribution in [2.24, 2.45) is 11.8 Å². The van der Waals surface area contributed by atoms with Crippen molar-refractivity contribution in [3.8, 4) is 0 Å². The van der Waals surface area contributed by atoms with Gasteiger partial charge in [0, 0.05) is 0 Å². The number of nitrogens with zero attached hydrogens (tertiary/aromatic N) is 1. The summed E-state index contributed by atoms with van der Waals surface area (Å²) in [5.74, 6) is -0.915. The van der Waals surface area contributed by atoms with Crippen LogP contribution in [0.2, 0.25) is 0 Å². The van der Waals surface area contributed by atoms with Crippen LogP contribution in [0, 0.1) is 11.8 Å². The average molecular weight is 241 g/mol. The minimum atomic E-state index is -0.326. The van der Waals surface area contributed by atoms with Crippen LogP contribution >= 0.6 is 0 Å². The number of carbonyl (C=O) groups is 2. The molecule has 0 spiro atoms. The quantitative estimate of drug-likeness (QED) is 0.547. The summed E-state index contributed by atoms with van der Waals surface area (Å²) >= 11 is 0. The molecule has 2 saturated heterocycles. The van der Waals surface area contributed by atoms with Crippen molar-refractivity contribution in [1.82, 2.24) is 0 Å². The van der Waals surface area contributed by atoms with Crippen molar-refractivity contribution in [3.05, 3.63) is 42.5 Å². The molecule has 0 aliphatic carbocycles. The molecule has 1 aromatic carbocycles. The van der Waals surface area contributed by atoms with Gasteiger partial charge in [0.25, 0.3) is 0 Å². The van der Waals surface area contributed by atoms with E-state index in [0.29, 0.717) is 5.69 Å². The minimum absolute atomic E-state index is 0.131. The molecule has 2 fully saturated rings. The van der Waals surface area contributed by atoms with E-state index in [2.05, 4.69) is 0 Å². The van der Waals surface area contributed by atoms with E-state index in [9.17, 15) is 9.59 Å². The second kappa shape index (κ2) is 3.29. The van der Waals surface area contributed by atoms with Crippen molar-refractivity contribution in [3.63, 3.8) is 0 Å². The van der Waals surface area contributed by atoms with Gasteiger partial charge in [-0.05, 0) is 12.1 Å². The molecule has 0 aromatic heterocycles. The highest BCUT2D eigenvalue weighted by Gasteiger charge is 2.60. The molecular weight excluding hydrogens is 230 g/mol. The van der Waals surface area contributed by atoms with Crippen LogP contribution in [0.15, 0.2) is 42.5 Å².